The minimum Gasteiger partial charge on any atom is -0.487 e. The third-order valence-electron chi connectivity index (χ3n) is 6.36. The van der Waals surface area contributed by atoms with E-state index in [4.69, 9.17) is 9.15 Å². The average Bonchev–Trinajstić information content (AvgIpc) is 2.62. The molecule has 0 amide bonds. The Bertz CT molecular complexity index is 1180. The molecule has 0 saturated carbocycles. The predicted molar refractivity (Wildman–Crippen MR) is 120 cm³/mol. The Kier molecular flexibility index (Phi) is 4.76. The van der Waals surface area contributed by atoms with Crippen LogP contribution in [0.2, 0.25) is 0 Å². The number of hydrogen-bond acceptors (Lipinski definition) is 3. The van der Waals surface area contributed by atoms with Crippen LogP contribution in [0.3, 0.4) is 0 Å². The first-order valence-electron chi connectivity index (χ1n) is 10.8. The Morgan fingerprint density at radius 2 is 1.79 bits per heavy atom. The zero-order valence-electron chi connectivity index (χ0n) is 18.8. The van der Waals surface area contributed by atoms with Gasteiger partial charge in [-0.15, -0.1) is 0 Å². The van der Waals surface area contributed by atoms with Crippen LogP contribution in [0.1, 0.15) is 68.4 Å². The number of benzene rings is 2. The minimum absolute atomic E-state index is 0.0836. The molecule has 154 valence electrons. The van der Waals surface area contributed by atoms with Crippen LogP contribution in [0, 0.1) is 26.7 Å². The molecule has 0 fully saturated rings. The van der Waals surface area contributed by atoms with Crippen molar-refractivity contribution in [2.24, 2.45) is 5.92 Å². The lowest BCUT2D eigenvalue weighted by Gasteiger charge is -2.33. The summed E-state index contributed by atoms with van der Waals surface area (Å²) in [6, 6.07) is 4.14. The van der Waals surface area contributed by atoms with Crippen LogP contribution in [0.5, 0.6) is 5.75 Å². The molecular weight excluding hydrogens is 360 g/mol. The Morgan fingerprint density at radius 3 is 2.48 bits per heavy atom. The fourth-order valence-corrected chi connectivity index (χ4v) is 4.61. The molecule has 0 aliphatic carbocycles. The van der Waals surface area contributed by atoms with Gasteiger partial charge in [0.2, 0.25) is 5.43 Å². The molecule has 0 saturated heterocycles. The van der Waals surface area contributed by atoms with E-state index in [2.05, 4.69) is 40.7 Å². The van der Waals surface area contributed by atoms with Gasteiger partial charge in [-0.2, -0.15) is 0 Å². The highest BCUT2D eigenvalue weighted by Crippen LogP contribution is 2.40. The van der Waals surface area contributed by atoms with Crippen molar-refractivity contribution in [1.82, 2.24) is 0 Å². The molecule has 0 bridgehead atoms. The zero-order chi connectivity index (χ0) is 21.1. The molecule has 0 unspecified atom stereocenters. The quantitative estimate of drug-likeness (QED) is 0.474. The molecule has 0 radical (unpaired) electrons. The van der Waals surface area contributed by atoms with E-state index in [0.717, 1.165) is 64.7 Å². The van der Waals surface area contributed by atoms with E-state index < -0.39 is 0 Å². The smallest absolute Gasteiger partial charge is 0.200 e. The summed E-state index contributed by atoms with van der Waals surface area (Å²) in [5.41, 5.74) is 6.74. The van der Waals surface area contributed by atoms with Crippen molar-refractivity contribution in [3.05, 3.63) is 50.2 Å². The summed E-state index contributed by atoms with van der Waals surface area (Å²) in [7, 11) is 0. The summed E-state index contributed by atoms with van der Waals surface area (Å²) < 4.78 is 12.8. The monoisotopic (exact) mass is 392 g/mol. The fourth-order valence-electron chi connectivity index (χ4n) is 4.61. The second-order valence-corrected chi connectivity index (χ2v) is 9.79. The number of aryl methyl sites for hydroxylation is 5. The topological polar surface area (TPSA) is 39.4 Å². The second kappa shape index (κ2) is 6.90. The van der Waals surface area contributed by atoms with Crippen LogP contribution in [0.4, 0.5) is 0 Å². The molecule has 3 nitrogen and oxygen atoms in total. The first-order chi connectivity index (χ1) is 13.6. The van der Waals surface area contributed by atoms with Crippen LogP contribution >= 0.6 is 0 Å². The van der Waals surface area contributed by atoms with Crippen molar-refractivity contribution < 1.29 is 9.15 Å². The molecule has 1 aliphatic rings. The normalized spacial score (nSPS) is 15.7. The van der Waals surface area contributed by atoms with Gasteiger partial charge < -0.3 is 9.15 Å². The van der Waals surface area contributed by atoms with E-state index in [-0.39, 0.29) is 11.0 Å². The molecule has 3 aromatic rings. The van der Waals surface area contributed by atoms with Gasteiger partial charge in [0.15, 0.2) is 0 Å². The van der Waals surface area contributed by atoms with Crippen molar-refractivity contribution in [3.8, 4) is 5.75 Å². The first-order valence-corrected chi connectivity index (χ1v) is 10.8. The van der Waals surface area contributed by atoms with Gasteiger partial charge in [-0.05, 0) is 94.5 Å². The van der Waals surface area contributed by atoms with Crippen molar-refractivity contribution >= 4 is 21.9 Å². The molecule has 4 rings (SSSR count). The highest BCUT2D eigenvalue weighted by molar-refractivity contribution is 5.95. The van der Waals surface area contributed by atoms with Gasteiger partial charge in [0.25, 0.3) is 0 Å². The highest BCUT2D eigenvalue weighted by Gasteiger charge is 2.30. The maximum atomic E-state index is 13.6. The largest absolute Gasteiger partial charge is 0.487 e. The molecule has 0 N–H and O–H groups in total. The lowest BCUT2D eigenvalue weighted by atomic mass is 9.90. The van der Waals surface area contributed by atoms with E-state index in [1.807, 2.05) is 19.9 Å². The maximum Gasteiger partial charge on any atom is 0.200 e. The van der Waals surface area contributed by atoms with Gasteiger partial charge >= 0.3 is 0 Å². The summed E-state index contributed by atoms with van der Waals surface area (Å²) >= 11 is 0. The molecule has 2 heterocycles. The Balaban J connectivity index is 2.06. The van der Waals surface area contributed by atoms with Crippen molar-refractivity contribution in [2.45, 2.75) is 79.8 Å². The summed E-state index contributed by atoms with van der Waals surface area (Å²) in [4.78, 5) is 13.6. The van der Waals surface area contributed by atoms with Crippen molar-refractivity contribution in [3.63, 3.8) is 0 Å². The van der Waals surface area contributed by atoms with Gasteiger partial charge in [-0.3, -0.25) is 4.79 Å². The van der Waals surface area contributed by atoms with Crippen LogP contribution in [-0.2, 0) is 12.8 Å². The number of ether oxygens (including phenoxy) is 1. The van der Waals surface area contributed by atoms with Crippen LogP contribution < -0.4 is 10.2 Å². The predicted octanol–water partition coefficient (Wildman–Crippen LogP) is 6.56. The average molecular weight is 393 g/mol. The molecule has 1 aromatic heterocycles. The van der Waals surface area contributed by atoms with E-state index in [9.17, 15) is 4.79 Å². The van der Waals surface area contributed by atoms with Gasteiger partial charge in [0.1, 0.15) is 22.5 Å². The molecule has 2 aromatic carbocycles. The van der Waals surface area contributed by atoms with E-state index in [0.29, 0.717) is 16.9 Å². The summed E-state index contributed by atoms with van der Waals surface area (Å²) in [5.74, 6) is 1.49. The van der Waals surface area contributed by atoms with Crippen molar-refractivity contribution in [1.29, 1.82) is 0 Å². The lowest BCUT2D eigenvalue weighted by Crippen LogP contribution is -2.33. The Labute approximate surface area is 173 Å². The van der Waals surface area contributed by atoms with Gasteiger partial charge in [-0.1, -0.05) is 19.9 Å². The number of hydrogen-bond donors (Lipinski definition) is 0. The van der Waals surface area contributed by atoms with E-state index in [1.165, 1.54) is 5.56 Å². The molecule has 0 atom stereocenters. The number of rotatable bonds is 3. The zero-order valence-corrected chi connectivity index (χ0v) is 18.8. The maximum absolute atomic E-state index is 13.6. The van der Waals surface area contributed by atoms with E-state index in [1.54, 1.807) is 0 Å². The molecule has 29 heavy (non-hydrogen) atoms. The van der Waals surface area contributed by atoms with Gasteiger partial charge in [0.05, 0.1) is 10.8 Å². The van der Waals surface area contributed by atoms with Crippen LogP contribution in [-0.4, -0.2) is 5.60 Å². The van der Waals surface area contributed by atoms with Gasteiger partial charge in [-0.25, -0.2) is 0 Å². The highest BCUT2D eigenvalue weighted by atomic mass is 16.5. The molecule has 0 spiro atoms. The lowest BCUT2D eigenvalue weighted by molar-refractivity contribution is 0.0839. The number of fused-ring (bicyclic) bond motifs is 3. The third-order valence-corrected chi connectivity index (χ3v) is 6.36. The molecule has 1 aliphatic heterocycles. The van der Waals surface area contributed by atoms with Crippen LogP contribution in [0.25, 0.3) is 21.9 Å². The summed E-state index contributed by atoms with van der Waals surface area (Å²) in [6.45, 7) is 14.9. The van der Waals surface area contributed by atoms with E-state index >= 15 is 0 Å². The fraction of sp³-hybridized carbons (Fsp3) is 0.500. The Hall–Kier alpha value is -2.29. The van der Waals surface area contributed by atoms with Crippen LogP contribution in [0.15, 0.2) is 21.3 Å². The minimum atomic E-state index is -0.196. The molecule has 3 heteroatoms. The van der Waals surface area contributed by atoms with Crippen molar-refractivity contribution in [2.75, 3.05) is 0 Å². The SMILES string of the molecule is Cc1cc(C)c2c(=O)c3cc4c(c(C)c3oc2c1CCC(C)C)OC(C)(C)CC4. The second-order valence-electron chi connectivity index (χ2n) is 9.79. The Morgan fingerprint density at radius 1 is 1.07 bits per heavy atom. The van der Waals surface area contributed by atoms with Gasteiger partial charge in [0, 0.05) is 5.56 Å². The molecular formula is C26H32O3. The third kappa shape index (κ3) is 3.35. The summed E-state index contributed by atoms with van der Waals surface area (Å²) in [5, 5.41) is 1.41. The standard InChI is InChI=1S/C26H32O3/c1-14(2)8-9-19-15(3)12-16(4)21-22(27)20-13-18-10-11-26(6,7)29-23(18)17(5)24(20)28-25(19)21/h12-14H,8-11H2,1-7H3. The first kappa shape index (κ1) is 20.0. The summed E-state index contributed by atoms with van der Waals surface area (Å²) in [6.07, 6.45) is 3.86.